The van der Waals surface area contributed by atoms with Gasteiger partial charge in [0.2, 0.25) is 0 Å². The molecule has 0 amide bonds. The molecular formula is C15H23BrN2OS. The number of nitrogens with two attached hydrogens (primary N) is 1. The molecule has 3 nitrogen and oxygen atoms in total. The van der Waals surface area contributed by atoms with Gasteiger partial charge in [-0.1, -0.05) is 13.8 Å². The quantitative estimate of drug-likeness (QED) is 0.868. The fourth-order valence-corrected chi connectivity index (χ4v) is 5.32. The lowest BCUT2D eigenvalue weighted by Gasteiger charge is -2.66. The van der Waals surface area contributed by atoms with E-state index in [0.29, 0.717) is 12.0 Å². The summed E-state index contributed by atoms with van der Waals surface area (Å²) >= 11 is 5.28. The minimum Gasteiger partial charge on any atom is -0.377 e. The van der Waals surface area contributed by atoms with Crippen LogP contribution < -0.4 is 11.1 Å². The van der Waals surface area contributed by atoms with Gasteiger partial charge in [0.15, 0.2) is 0 Å². The van der Waals surface area contributed by atoms with E-state index in [4.69, 9.17) is 10.5 Å². The topological polar surface area (TPSA) is 47.3 Å². The molecule has 1 aromatic rings. The molecule has 0 aromatic carbocycles. The zero-order valence-corrected chi connectivity index (χ0v) is 14.5. The van der Waals surface area contributed by atoms with Crippen molar-refractivity contribution in [1.82, 2.24) is 5.32 Å². The second kappa shape index (κ2) is 5.36. The first-order valence-electron chi connectivity index (χ1n) is 7.30. The fourth-order valence-electron chi connectivity index (χ4n) is 3.86. The molecule has 1 saturated carbocycles. The van der Waals surface area contributed by atoms with Crippen molar-refractivity contribution in [3.05, 3.63) is 20.8 Å². The van der Waals surface area contributed by atoms with Gasteiger partial charge in [-0.15, -0.1) is 11.3 Å². The SMILES string of the molecule is CC1(C)C2OCCCC2C1(N)CNCc1ccc(Br)s1. The summed E-state index contributed by atoms with van der Waals surface area (Å²) in [5, 5.41) is 3.56. The van der Waals surface area contributed by atoms with Crippen LogP contribution in [-0.4, -0.2) is 24.8 Å². The zero-order chi connectivity index (χ0) is 14.4. The Hall–Kier alpha value is 0.0600. The lowest BCUT2D eigenvalue weighted by atomic mass is 9.46. The van der Waals surface area contributed by atoms with Crippen molar-refractivity contribution in [3.8, 4) is 0 Å². The first-order chi connectivity index (χ1) is 9.45. The van der Waals surface area contributed by atoms with E-state index >= 15 is 0 Å². The molecule has 0 spiro atoms. The minimum atomic E-state index is -0.146. The Morgan fingerprint density at radius 2 is 2.30 bits per heavy atom. The second-order valence-corrected chi connectivity index (χ2v) is 9.16. The van der Waals surface area contributed by atoms with Crippen LogP contribution >= 0.6 is 27.3 Å². The first kappa shape index (κ1) is 15.0. The smallest absolute Gasteiger partial charge is 0.0701 e. The predicted molar refractivity (Wildman–Crippen MR) is 86.9 cm³/mol. The lowest BCUT2D eigenvalue weighted by Crippen LogP contribution is -2.80. The average molecular weight is 359 g/mol. The van der Waals surface area contributed by atoms with E-state index in [1.54, 1.807) is 11.3 Å². The number of rotatable bonds is 4. The summed E-state index contributed by atoms with van der Waals surface area (Å²) in [4.78, 5) is 1.34. The third-order valence-electron chi connectivity index (χ3n) is 5.24. The van der Waals surface area contributed by atoms with Crippen LogP contribution in [0.2, 0.25) is 0 Å². The van der Waals surface area contributed by atoms with Crippen LogP contribution in [0.25, 0.3) is 0 Å². The van der Waals surface area contributed by atoms with E-state index in [1.807, 2.05) is 0 Å². The molecule has 3 atom stereocenters. The summed E-state index contributed by atoms with van der Waals surface area (Å²) in [6.45, 7) is 7.16. The van der Waals surface area contributed by atoms with Crippen LogP contribution in [-0.2, 0) is 11.3 Å². The molecule has 3 rings (SSSR count). The van der Waals surface area contributed by atoms with Crippen molar-refractivity contribution in [2.75, 3.05) is 13.2 Å². The summed E-state index contributed by atoms with van der Waals surface area (Å²) < 4.78 is 7.13. The Morgan fingerprint density at radius 3 is 3.00 bits per heavy atom. The summed E-state index contributed by atoms with van der Waals surface area (Å²) in [7, 11) is 0. The number of hydrogen-bond donors (Lipinski definition) is 2. The molecule has 20 heavy (non-hydrogen) atoms. The predicted octanol–water partition coefficient (Wildman–Crippen LogP) is 3.13. The van der Waals surface area contributed by atoms with E-state index in [-0.39, 0.29) is 11.0 Å². The van der Waals surface area contributed by atoms with Gasteiger partial charge in [0.25, 0.3) is 0 Å². The molecule has 3 N–H and O–H groups in total. The molecule has 2 fully saturated rings. The van der Waals surface area contributed by atoms with E-state index < -0.39 is 0 Å². The van der Waals surface area contributed by atoms with E-state index in [0.717, 1.165) is 26.1 Å². The molecule has 3 unspecified atom stereocenters. The van der Waals surface area contributed by atoms with Gasteiger partial charge in [0.05, 0.1) is 9.89 Å². The molecular weight excluding hydrogens is 336 g/mol. The van der Waals surface area contributed by atoms with Gasteiger partial charge >= 0.3 is 0 Å². The lowest BCUT2D eigenvalue weighted by molar-refractivity contribution is -0.225. The number of halogens is 1. The van der Waals surface area contributed by atoms with E-state index in [2.05, 4.69) is 47.2 Å². The monoisotopic (exact) mass is 358 g/mol. The molecule has 1 aliphatic carbocycles. The summed E-state index contributed by atoms with van der Waals surface area (Å²) in [5.74, 6) is 0.508. The number of fused-ring (bicyclic) bond motifs is 1. The molecule has 0 radical (unpaired) electrons. The van der Waals surface area contributed by atoms with Crippen molar-refractivity contribution in [3.63, 3.8) is 0 Å². The molecule has 1 aliphatic heterocycles. The molecule has 112 valence electrons. The van der Waals surface area contributed by atoms with E-state index in [1.165, 1.54) is 15.1 Å². The van der Waals surface area contributed by atoms with Gasteiger partial charge in [-0.25, -0.2) is 0 Å². The Kier molecular flexibility index (Phi) is 4.01. The molecule has 2 aliphatic rings. The van der Waals surface area contributed by atoms with Gasteiger partial charge in [0, 0.05) is 41.4 Å². The Morgan fingerprint density at radius 1 is 1.50 bits per heavy atom. The second-order valence-electron chi connectivity index (χ2n) is 6.61. The molecule has 1 saturated heterocycles. The van der Waals surface area contributed by atoms with Gasteiger partial charge in [-0.05, 0) is 40.9 Å². The summed E-state index contributed by atoms with van der Waals surface area (Å²) in [5.41, 5.74) is 6.67. The first-order valence-corrected chi connectivity index (χ1v) is 8.91. The largest absolute Gasteiger partial charge is 0.377 e. The van der Waals surface area contributed by atoms with Crippen molar-refractivity contribution in [1.29, 1.82) is 0 Å². The number of ether oxygens (including phenoxy) is 1. The Bertz CT molecular complexity index is 490. The highest BCUT2D eigenvalue weighted by Crippen LogP contribution is 2.57. The third kappa shape index (κ3) is 2.28. The highest BCUT2D eigenvalue weighted by Gasteiger charge is 2.65. The molecule has 1 aromatic heterocycles. The maximum atomic E-state index is 6.76. The standard InChI is InChI=1S/C15H23BrN2OS/c1-14(2)13-11(4-3-7-19-13)15(14,17)9-18-8-10-5-6-12(16)20-10/h5-6,11,13,18H,3-4,7-9,17H2,1-2H3. The van der Waals surface area contributed by atoms with Crippen molar-refractivity contribution in [2.45, 2.75) is 44.9 Å². The maximum absolute atomic E-state index is 6.76. The van der Waals surface area contributed by atoms with Crippen LogP contribution in [0.1, 0.15) is 31.6 Å². The van der Waals surface area contributed by atoms with Crippen LogP contribution in [0.5, 0.6) is 0 Å². The highest BCUT2D eigenvalue weighted by atomic mass is 79.9. The van der Waals surface area contributed by atoms with Crippen LogP contribution in [0.15, 0.2) is 15.9 Å². The Balaban J connectivity index is 1.60. The van der Waals surface area contributed by atoms with Gasteiger partial charge in [-0.2, -0.15) is 0 Å². The fraction of sp³-hybridized carbons (Fsp3) is 0.733. The van der Waals surface area contributed by atoms with Crippen LogP contribution in [0.3, 0.4) is 0 Å². The number of nitrogens with one attached hydrogen (secondary N) is 1. The Labute approximate surface area is 133 Å². The third-order valence-corrected chi connectivity index (χ3v) is 6.86. The summed E-state index contributed by atoms with van der Waals surface area (Å²) in [6, 6.07) is 4.25. The van der Waals surface area contributed by atoms with Gasteiger partial charge in [-0.3, -0.25) is 0 Å². The molecule has 2 heterocycles. The number of hydrogen-bond acceptors (Lipinski definition) is 4. The normalized spacial score (nSPS) is 35.4. The molecule has 0 bridgehead atoms. The molecule has 5 heteroatoms. The van der Waals surface area contributed by atoms with Crippen LogP contribution in [0.4, 0.5) is 0 Å². The van der Waals surface area contributed by atoms with Crippen LogP contribution in [0, 0.1) is 11.3 Å². The maximum Gasteiger partial charge on any atom is 0.0701 e. The van der Waals surface area contributed by atoms with E-state index in [9.17, 15) is 0 Å². The van der Waals surface area contributed by atoms with Gasteiger partial charge < -0.3 is 15.8 Å². The summed E-state index contributed by atoms with van der Waals surface area (Å²) in [6.07, 6.45) is 2.70. The average Bonchev–Trinajstić information content (AvgIpc) is 2.84. The van der Waals surface area contributed by atoms with Crippen molar-refractivity contribution >= 4 is 27.3 Å². The van der Waals surface area contributed by atoms with Gasteiger partial charge in [0.1, 0.15) is 0 Å². The minimum absolute atomic E-state index is 0.0567. The highest BCUT2D eigenvalue weighted by molar-refractivity contribution is 9.11. The van der Waals surface area contributed by atoms with Crippen molar-refractivity contribution in [2.24, 2.45) is 17.1 Å². The zero-order valence-electron chi connectivity index (χ0n) is 12.1. The number of thiophene rings is 1. The van der Waals surface area contributed by atoms with Crippen molar-refractivity contribution < 1.29 is 4.74 Å².